The molecule has 50 heavy (non-hydrogen) atoms. The minimum absolute atomic E-state index is 0.00891. The SMILES string of the molecule is C[C@@H](OC[C@H]1C[C@](C#N)(N2C(=O)CCCC2=O)CN(C(=O)OCc2ccccc2)[C@@H]1c1ccccc1)c1cc(C(F)(F)F)cc(C(F)(F)F)c1. The van der Waals surface area contributed by atoms with Crippen molar-refractivity contribution in [3.63, 3.8) is 0 Å². The number of imide groups is 1. The zero-order valence-corrected chi connectivity index (χ0v) is 26.8. The van der Waals surface area contributed by atoms with Crippen LogP contribution in [0.3, 0.4) is 0 Å². The molecule has 264 valence electrons. The van der Waals surface area contributed by atoms with Crippen molar-refractivity contribution in [2.75, 3.05) is 13.2 Å². The molecule has 0 bridgehead atoms. The monoisotopic (exact) mass is 701 g/mol. The summed E-state index contributed by atoms with van der Waals surface area (Å²) in [6.07, 6.45) is -12.3. The summed E-state index contributed by atoms with van der Waals surface area (Å²) < 4.78 is 93.4. The summed E-state index contributed by atoms with van der Waals surface area (Å²) in [5.41, 5.74) is -4.05. The van der Waals surface area contributed by atoms with Crippen LogP contribution < -0.4 is 0 Å². The molecule has 0 unspecified atom stereocenters. The van der Waals surface area contributed by atoms with Gasteiger partial charge in [-0.15, -0.1) is 0 Å². The number of alkyl halides is 6. The summed E-state index contributed by atoms with van der Waals surface area (Å²) in [6, 6.07) is 19.7. The van der Waals surface area contributed by atoms with Crippen LogP contribution in [0.5, 0.6) is 0 Å². The van der Waals surface area contributed by atoms with Gasteiger partial charge in [-0.1, -0.05) is 60.7 Å². The van der Waals surface area contributed by atoms with Crippen LogP contribution in [-0.2, 0) is 38.0 Å². The Hall–Kier alpha value is -4.90. The van der Waals surface area contributed by atoms with Gasteiger partial charge in [0.05, 0.1) is 42.5 Å². The Morgan fingerprint density at radius 3 is 2.02 bits per heavy atom. The van der Waals surface area contributed by atoms with E-state index in [1.807, 2.05) is 0 Å². The van der Waals surface area contributed by atoms with Crippen LogP contribution in [-0.4, -0.2) is 46.4 Å². The normalized spacial score (nSPS) is 22.2. The van der Waals surface area contributed by atoms with Crippen LogP contribution in [0.4, 0.5) is 31.1 Å². The average Bonchev–Trinajstić information content (AvgIpc) is 3.09. The lowest BCUT2D eigenvalue weighted by Gasteiger charge is -2.51. The van der Waals surface area contributed by atoms with Gasteiger partial charge in [-0.25, -0.2) is 4.79 Å². The summed E-state index contributed by atoms with van der Waals surface area (Å²) in [6.45, 7) is 0.342. The fourth-order valence-corrected chi connectivity index (χ4v) is 6.58. The van der Waals surface area contributed by atoms with Gasteiger partial charge in [0.1, 0.15) is 6.61 Å². The smallest absolute Gasteiger partial charge is 0.416 e. The molecule has 8 nitrogen and oxygen atoms in total. The topological polar surface area (TPSA) is 99.9 Å². The van der Waals surface area contributed by atoms with E-state index >= 15 is 0 Å². The molecule has 3 aromatic carbocycles. The van der Waals surface area contributed by atoms with E-state index in [9.17, 15) is 46.0 Å². The second kappa shape index (κ2) is 14.5. The van der Waals surface area contributed by atoms with Crippen molar-refractivity contribution in [1.29, 1.82) is 5.26 Å². The third-order valence-electron chi connectivity index (χ3n) is 8.95. The lowest BCUT2D eigenvalue weighted by Crippen LogP contribution is -2.66. The van der Waals surface area contributed by atoms with Crippen molar-refractivity contribution >= 4 is 17.9 Å². The molecule has 14 heteroatoms. The molecule has 0 saturated carbocycles. The predicted molar refractivity (Wildman–Crippen MR) is 165 cm³/mol. The minimum atomic E-state index is -5.07. The van der Waals surface area contributed by atoms with Gasteiger partial charge in [0, 0.05) is 18.8 Å². The molecular weight excluding hydrogens is 668 g/mol. The molecule has 0 radical (unpaired) electrons. The average molecular weight is 702 g/mol. The molecule has 3 aromatic rings. The molecule has 5 rings (SSSR count). The van der Waals surface area contributed by atoms with E-state index in [0.29, 0.717) is 23.3 Å². The number of hydrogen-bond acceptors (Lipinski definition) is 6. The van der Waals surface area contributed by atoms with E-state index < -0.39 is 77.1 Å². The van der Waals surface area contributed by atoms with Gasteiger partial charge >= 0.3 is 18.4 Å². The van der Waals surface area contributed by atoms with E-state index in [4.69, 9.17) is 9.47 Å². The zero-order chi connectivity index (χ0) is 36.3. The Balaban J connectivity index is 1.54. The van der Waals surface area contributed by atoms with E-state index in [0.717, 1.165) is 4.90 Å². The number of amides is 3. The van der Waals surface area contributed by atoms with Crippen LogP contribution >= 0.6 is 0 Å². The Labute approximate surface area is 284 Å². The van der Waals surface area contributed by atoms with Crippen molar-refractivity contribution < 1.29 is 50.2 Å². The number of nitrogens with zero attached hydrogens (tertiary/aromatic N) is 3. The first-order chi connectivity index (χ1) is 23.6. The van der Waals surface area contributed by atoms with Gasteiger partial charge in [-0.05, 0) is 54.7 Å². The fraction of sp³-hybridized carbons (Fsp3) is 0.389. The Morgan fingerprint density at radius 1 is 0.920 bits per heavy atom. The maximum Gasteiger partial charge on any atom is 0.416 e. The first-order valence-electron chi connectivity index (χ1n) is 15.8. The molecular formula is C36H33F6N3O5. The van der Waals surface area contributed by atoms with Gasteiger partial charge < -0.3 is 9.47 Å². The van der Waals surface area contributed by atoms with Crippen LogP contribution in [0.2, 0.25) is 0 Å². The third kappa shape index (κ3) is 7.94. The third-order valence-corrected chi connectivity index (χ3v) is 8.95. The molecule has 2 fully saturated rings. The quantitative estimate of drug-likeness (QED) is 0.174. The van der Waals surface area contributed by atoms with Crippen LogP contribution in [0.1, 0.15) is 72.6 Å². The van der Waals surface area contributed by atoms with Gasteiger partial charge in [0.25, 0.3) is 0 Å². The predicted octanol–water partition coefficient (Wildman–Crippen LogP) is 8.00. The number of nitriles is 1. The number of likely N-dealkylation sites (tertiary alicyclic amines) is 2. The summed E-state index contributed by atoms with van der Waals surface area (Å²) in [5, 5.41) is 10.7. The number of hydrogen-bond donors (Lipinski definition) is 0. The first kappa shape index (κ1) is 36.4. The number of carbonyl (C=O) groups is 3. The van der Waals surface area contributed by atoms with Gasteiger partial charge in [-0.3, -0.25) is 19.4 Å². The molecule has 0 aromatic heterocycles. The molecule has 4 atom stereocenters. The van der Waals surface area contributed by atoms with Gasteiger partial charge in [0.15, 0.2) is 5.54 Å². The number of piperidine rings is 2. The van der Waals surface area contributed by atoms with E-state index in [1.165, 1.54) is 11.8 Å². The lowest BCUT2D eigenvalue weighted by atomic mass is 9.75. The summed E-state index contributed by atoms with van der Waals surface area (Å²) in [5.74, 6) is -2.10. The second-order valence-electron chi connectivity index (χ2n) is 12.4. The molecule has 2 heterocycles. The maximum atomic E-state index is 13.9. The molecule has 0 spiro atoms. The second-order valence-corrected chi connectivity index (χ2v) is 12.4. The highest BCUT2D eigenvalue weighted by Crippen LogP contribution is 2.45. The lowest BCUT2D eigenvalue weighted by molar-refractivity contribution is -0.158. The summed E-state index contributed by atoms with van der Waals surface area (Å²) in [4.78, 5) is 42.4. The molecule has 3 amide bonds. The Bertz CT molecular complexity index is 1700. The molecule has 2 saturated heterocycles. The molecule has 0 N–H and O–H groups in total. The number of carbonyl (C=O) groups excluding carboxylic acids is 3. The van der Waals surface area contributed by atoms with E-state index in [2.05, 4.69) is 6.07 Å². The summed E-state index contributed by atoms with van der Waals surface area (Å²) in [7, 11) is 0. The van der Waals surface area contributed by atoms with E-state index in [1.54, 1.807) is 60.7 Å². The van der Waals surface area contributed by atoms with E-state index in [-0.39, 0.29) is 45.0 Å². The summed E-state index contributed by atoms with van der Waals surface area (Å²) >= 11 is 0. The van der Waals surface area contributed by atoms with Crippen molar-refractivity contribution in [1.82, 2.24) is 9.80 Å². The molecule has 0 aliphatic carbocycles. The highest BCUT2D eigenvalue weighted by atomic mass is 19.4. The van der Waals surface area contributed by atoms with Crippen molar-refractivity contribution in [2.45, 2.75) is 69.3 Å². The minimum Gasteiger partial charge on any atom is -0.445 e. The van der Waals surface area contributed by atoms with Gasteiger partial charge in [0.2, 0.25) is 11.8 Å². The fourth-order valence-electron chi connectivity index (χ4n) is 6.58. The highest BCUT2D eigenvalue weighted by molar-refractivity contribution is 5.99. The zero-order valence-electron chi connectivity index (χ0n) is 26.8. The number of ether oxygens (including phenoxy) is 2. The Kier molecular flexibility index (Phi) is 10.6. The first-order valence-corrected chi connectivity index (χ1v) is 15.8. The molecule has 2 aliphatic heterocycles. The van der Waals surface area contributed by atoms with Crippen LogP contribution in [0.15, 0.2) is 78.9 Å². The number of rotatable bonds is 8. The Morgan fingerprint density at radius 2 is 1.48 bits per heavy atom. The number of benzene rings is 3. The van der Waals surface area contributed by atoms with Crippen molar-refractivity contribution in [2.24, 2.45) is 5.92 Å². The van der Waals surface area contributed by atoms with Crippen LogP contribution in [0, 0.1) is 17.2 Å². The largest absolute Gasteiger partial charge is 0.445 e. The highest BCUT2D eigenvalue weighted by Gasteiger charge is 2.55. The van der Waals surface area contributed by atoms with Crippen LogP contribution in [0.25, 0.3) is 0 Å². The standard InChI is InChI=1S/C36H33F6N3O5/c1-23(26-15-28(35(37,38)39)17-29(16-26)36(40,41)42)49-20-27-18-34(21-43,45-30(46)13-8-14-31(45)47)22-44(32(27)25-11-6-3-7-12-25)33(48)50-19-24-9-4-2-5-10-24/h2-7,9-12,15-17,23,27,32H,8,13-14,18-20,22H2,1H3/t23-,27-,32-,34-/m1/s1. The number of halogens is 6. The maximum absolute atomic E-state index is 13.9. The van der Waals surface area contributed by atoms with Crippen molar-refractivity contribution in [3.8, 4) is 6.07 Å². The van der Waals surface area contributed by atoms with Gasteiger partial charge in [-0.2, -0.15) is 31.6 Å². The van der Waals surface area contributed by atoms with Crippen molar-refractivity contribution in [3.05, 3.63) is 107 Å². The molecule has 2 aliphatic rings.